The molecule has 0 bridgehead atoms. The Morgan fingerprint density at radius 2 is 2.60 bits per heavy atom. The molecule has 0 spiro atoms. The summed E-state index contributed by atoms with van der Waals surface area (Å²) in [6.45, 7) is 1.77. The van der Waals surface area contributed by atoms with Crippen LogP contribution in [0.4, 0.5) is 0 Å². The van der Waals surface area contributed by atoms with E-state index in [9.17, 15) is 0 Å². The van der Waals surface area contributed by atoms with Crippen LogP contribution < -0.4 is 0 Å². The van der Waals surface area contributed by atoms with Gasteiger partial charge in [0.1, 0.15) is 0 Å². The minimum absolute atomic E-state index is 0.535. The van der Waals surface area contributed by atoms with Gasteiger partial charge in [0, 0.05) is 0 Å². The highest BCUT2D eigenvalue weighted by atomic mass is 16.5. The van der Waals surface area contributed by atoms with Crippen LogP contribution in [-0.4, -0.2) is 19.4 Å². The number of aliphatic hydroxyl groups is 2. The third-order valence-corrected chi connectivity index (χ3v) is 0.333. The predicted octanol–water partition coefficient (Wildman–Crippen LogP) is -0.293. The van der Waals surface area contributed by atoms with Gasteiger partial charge in [-0.05, 0) is 6.42 Å². The van der Waals surface area contributed by atoms with Gasteiger partial charge in [0.05, 0.1) is 0 Å². The number of rotatable bonds is 3. The van der Waals surface area contributed by atoms with Gasteiger partial charge in [-0.3, -0.25) is 0 Å². The molecule has 0 aliphatic rings. The van der Waals surface area contributed by atoms with Gasteiger partial charge in [-0.25, -0.2) is 0 Å². The highest BCUT2D eigenvalue weighted by molar-refractivity contribution is 4.21. The van der Waals surface area contributed by atoms with E-state index in [0.717, 1.165) is 0 Å². The van der Waals surface area contributed by atoms with Crippen molar-refractivity contribution in [1.82, 2.24) is 0 Å². The summed E-state index contributed by atoms with van der Waals surface area (Å²) >= 11 is 0. The highest BCUT2D eigenvalue weighted by Gasteiger charge is 1.83. The van der Waals surface area contributed by atoms with Crippen molar-refractivity contribution in [2.24, 2.45) is 0 Å². The van der Waals surface area contributed by atoms with Crippen molar-refractivity contribution in [2.45, 2.75) is 19.6 Å². The molecule has 0 amide bonds. The molecule has 0 aliphatic carbocycles. The lowest BCUT2D eigenvalue weighted by Gasteiger charge is -1.90. The molecular weight excluding hydrogens is 68.0 g/mol. The molecule has 2 N–H and O–H groups in total. The van der Waals surface area contributed by atoms with E-state index in [1.807, 2.05) is 0 Å². The van der Waals surface area contributed by atoms with E-state index in [2.05, 4.69) is 10.2 Å². The van der Waals surface area contributed by atoms with E-state index in [1.165, 1.54) is 0 Å². The molecule has 0 aromatic carbocycles. The van der Waals surface area contributed by atoms with Gasteiger partial charge in [-0.15, -0.1) is 0 Å². The SMILES string of the molecule is [2H]OC(CC)O[2H]. The van der Waals surface area contributed by atoms with E-state index < -0.39 is 6.29 Å². The molecule has 0 unspecified atom stereocenters. The minimum atomic E-state index is -0.681. The molecular formula is C3H8O2. The average molecular weight is 78.1 g/mol. The zero-order valence-electron chi connectivity index (χ0n) is 5.10. The molecule has 0 atom stereocenters. The van der Waals surface area contributed by atoms with Crippen molar-refractivity contribution in [3.8, 4) is 0 Å². The summed E-state index contributed by atoms with van der Waals surface area (Å²) in [5.74, 6) is 0. The molecule has 0 saturated carbocycles. The summed E-state index contributed by atoms with van der Waals surface area (Å²) in [6.07, 6.45) is -0.146. The summed E-state index contributed by atoms with van der Waals surface area (Å²) in [4.78, 5) is 0. The maximum atomic E-state index is 6.21. The van der Waals surface area contributed by atoms with Crippen molar-refractivity contribution < 1.29 is 10.2 Å². The summed E-state index contributed by atoms with van der Waals surface area (Å²) in [5, 5.41) is 7.78. The monoisotopic (exact) mass is 78.1 g/mol. The maximum Gasteiger partial charge on any atom is 0.213 e. The first-order valence-corrected chi connectivity index (χ1v) is 1.59. The smallest absolute Gasteiger partial charge is 0.213 e. The van der Waals surface area contributed by atoms with Crippen LogP contribution in [0.25, 0.3) is 0 Å². The predicted molar refractivity (Wildman–Crippen MR) is 18.5 cm³/mol. The first kappa shape index (κ1) is 2.16. The molecule has 0 saturated heterocycles. The fourth-order valence-corrected chi connectivity index (χ4v) is 0. The lowest BCUT2D eigenvalue weighted by molar-refractivity contribution is -0.0413. The largest absolute Gasteiger partial charge is 0.368 e. The number of hydrogen-bond donors (Lipinski definition) is 2. The van der Waals surface area contributed by atoms with Gasteiger partial charge in [-0.1, -0.05) is 6.92 Å². The third-order valence-electron chi connectivity index (χ3n) is 0.333. The summed E-state index contributed by atoms with van der Waals surface area (Å²) in [6, 6.07) is 0. The van der Waals surface area contributed by atoms with Crippen LogP contribution in [0.2, 0.25) is 0 Å². The van der Waals surface area contributed by atoms with Gasteiger partial charge >= 0.3 is 0 Å². The zero-order chi connectivity index (χ0) is 5.70. The zero-order valence-corrected chi connectivity index (χ0v) is 3.10. The average Bonchev–Trinajstić information content (AvgIpc) is 1.72. The van der Waals surface area contributed by atoms with Gasteiger partial charge in [-0.2, -0.15) is 0 Å². The Morgan fingerprint density at radius 3 is 2.60 bits per heavy atom. The van der Waals surface area contributed by atoms with Crippen molar-refractivity contribution in [2.75, 3.05) is 0 Å². The Bertz CT molecular complexity index is 32.4. The lowest BCUT2D eigenvalue weighted by Crippen LogP contribution is -1.99. The second kappa shape index (κ2) is 2.18. The number of hydrogen-bond acceptors (Lipinski definition) is 2. The quantitative estimate of drug-likeness (QED) is 0.455. The maximum absolute atomic E-state index is 6.21. The van der Waals surface area contributed by atoms with Crippen molar-refractivity contribution in [3.63, 3.8) is 0 Å². The summed E-state index contributed by atoms with van der Waals surface area (Å²) in [7, 11) is 0. The molecule has 2 heteroatoms. The molecule has 0 aromatic rings. The standard InChI is InChI=1S/C3H8O2/c1-2-3(4)5/h3-5H,2H2,1H3/i4D,5D. The van der Waals surface area contributed by atoms with E-state index in [-0.39, 0.29) is 0 Å². The fraction of sp³-hybridized carbons (Fsp3) is 1.00. The Hall–Kier alpha value is -0.0800. The van der Waals surface area contributed by atoms with Gasteiger partial charge < -0.3 is 10.2 Å². The molecule has 0 aromatic heterocycles. The third kappa shape index (κ3) is 3.92. The highest BCUT2D eigenvalue weighted by Crippen LogP contribution is 1.77. The molecule has 0 heterocycles. The van der Waals surface area contributed by atoms with E-state index in [0.29, 0.717) is 6.42 Å². The lowest BCUT2D eigenvalue weighted by atomic mass is 10.5. The first-order valence-electron chi connectivity index (χ1n) is 2.40. The van der Waals surface area contributed by atoms with Crippen LogP contribution in [0.1, 0.15) is 13.3 Å². The van der Waals surface area contributed by atoms with Crippen molar-refractivity contribution in [1.29, 1.82) is 2.86 Å². The van der Waals surface area contributed by atoms with E-state index in [1.54, 1.807) is 6.92 Å². The molecule has 0 rings (SSSR count). The van der Waals surface area contributed by atoms with Crippen LogP contribution in [0, 0.1) is 0 Å². The van der Waals surface area contributed by atoms with Gasteiger partial charge in [0.15, 0.2) is 6.29 Å². The number of aliphatic hydroxyl groups excluding tert-OH is 1. The second-order valence-corrected chi connectivity index (χ2v) is 0.838. The first-order chi connectivity index (χ1) is 3.35. The molecule has 5 heavy (non-hydrogen) atoms. The fourth-order valence-electron chi connectivity index (χ4n) is 0. The van der Waals surface area contributed by atoms with Crippen LogP contribution in [-0.2, 0) is 0 Å². The second-order valence-electron chi connectivity index (χ2n) is 0.838. The topological polar surface area (TPSA) is 40.5 Å². The minimum Gasteiger partial charge on any atom is -0.368 e. The Morgan fingerprint density at radius 1 is 2.00 bits per heavy atom. The van der Waals surface area contributed by atoms with Gasteiger partial charge in [0.25, 0.3) is 0 Å². The normalized spacial score (nSPS) is 14.8. The van der Waals surface area contributed by atoms with Crippen LogP contribution >= 0.6 is 0 Å². The Labute approximate surface area is 34.0 Å². The van der Waals surface area contributed by atoms with E-state index in [4.69, 9.17) is 2.86 Å². The Kier molecular flexibility index (Phi) is 0.938. The molecule has 0 aliphatic heterocycles. The van der Waals surface area contributed by atoms with Gasteiger partial charge in [0.2, 0.25) is 2.86 Å². The summed E-state index contributed by atoms with van der Waals surface area (Å²) < 4.78 is 12.4. The molecule has 32 valence electrons. The van der Waals surface area contributed by atoms with Crippen LogP contribution in [0.5, 0.6) is 0 Å². The molecule has 0 fully saturated rings. The Balaban J connectivity index is 2.99. The molecule has 0 radical (unpaired) electrons. The van der Waals surface area contributed by atoms with Crippen molar-refractivity contribution in [3.05, 3.63) is 0 Å². The van der Waals surface area contributed by atoms with Crippen LogP contribution in [0.3, 0.4) is 0 Å². The van der Waals surface area contributed by atoms with Crippen LogP contribution in [0.15, 0.2) is 0 Å². The molecule has 2 nitrogen and oxygen atoms in total. The van der Waals surface area contributed by atoms with Crippen molar-refractivity contribution >= 4 is 0 Å². The summed E-state index contributed by atoms with van der Waals surface area (Å²) in [5.41, 5.74) is 0. The van der Waals surface area contributed by atoms with E-state index >= 15 is 0 Å².